The van der Waals surface area contributed by atoms with Crippen molar-refractivity contribution in [3.63, 3.8) is 0 Å². The zero-order valence-electron chi connectivity index (χ0n) is 9.61. The number of fused-ring (bicyclic) bond motifs is 1. The fourth-order valence-electron chi connectivity index (χ4n) is 2.95. The van der Waals surface area contributed by atoms with Crippen LogP contribution in [-0.2, 0) is 4.79 Å². The van der Waals surface area contributed by atoms with Crippen molar-refractivity contribution in [3.8, 4) is 0 Å². The second-order valence-corrected chi connectivity index (χ2v) is 5.29. The third-order valence-corrected chi connectivity index (χ3v) is 4.00. The summed E-state index contributed by atoms with van der Waals surface area (Å²) in [6.07, 6.45) is 4.67. The molecule has 2 rings (SSSR count). The fraction of sp³-hybridized carbons (Fsp3) is 0.917. The molecule has 1 saturated heterocycles. The number of rotatable bonds is 3. The molecule has 0 spiro atoms. The molecule has 2 aliphatic rings. The van der Waals surface area contributed by atoms with Crippen LogP contribution in [0.4, 0.5) is 0 Å². The summed E-state index contributed by atoms with van der Waals surface area (Å²) < 4.78 is 0. The van der Waals surface area contributed by atoms with Crippen molar-refractivity contribution in [1.29, 1.82) is 0 Å². The highest BCUT2D eigenvalue weighted by Crippen LogP contribution is 2.37. The number of nitrogens with two attached hydrogens (primary N) is 1. The van der Waals surface area contributed by atoms with Gasteiger partial charge in [0, 0.05) is 19.5 Å². The molecule has 0 aromatic carbocycles. The Bertz CT molecular complexity index is 230. The van der Waals surface area contributed by atoms with Gasteiger partial charge in [0.05, 0.1) is 0 Å². The van der Waals surface area contributed by atoms with Crippen molar-refractivity contribution in [2.24, 2.45) is 23.5 Å². The molecular formula is C12H22N2O. The molecule has 86 valence electrons. The molecule has 1 saturated carbocycles. The summed E-state index contributed by atoms with van der Waals surface area (Å²) in [6.45, 7) is 4.70. The van der Waals surface area contributed by atoms with Gasteiger partial charge in [-0.3, -0.25) is 4.79 Å². The van der Waals surface area contributed by atoms with E-state index in [1.54, 1.807) is 0 Å². The lowest BCUT2D eigenvalue weighted by Crippen LogP contribution is -2.31. The van der Waals surface area contributed by atoms with Crippen LogP contribution in [-0.4, -0.2) is 30.4 Å². The maximum absolute atomic E-state index is 11.9. The molecular weight excluding hydrogens is 188 g/mol. The van der Waals surface area contributed by atoms with Gasteiger partial charge in [-0.05, 0) is 37.1 Å². The van der Waals surface area contributed by atoms with Crippen LogP contribution < -0.4 is 5.73 Å². The molecule has 1 aliphatic heterocycles. The van der Waals surface area contributed by atoms with E-state index in [1.807, 2.05) is 0 Å². The van der Waals surface area contributed by atoms with Crippen molar-refractivity contribution in [2.75, 3.05) is 19.6 Å². The van der Waals surface area contributed by atoms with Crippen LogP contribution in [0.15, 0.2) is 0 Å². The van der Waals surface area contributed by atoms with Gasteiger partial charge < -0.3 is 10.6 Å². The SMILES string of the molecule is CC(CN)CC(=O)N1CC2CCCC2C1. The van der Waals surface area contributed by atoms with Crippen molar-refractivity contribution in [1.82, 2.24) is 4.90 Å². The van der Waals surface area contributed by atoms with E-state index in [1.165, 1.54) is 19.3 Å². The molecule has 2 N–H and O–H groups in total. The van der Waals surface area contributed by atoms with E-state index in [9.17, 15) is 4.79 Å². The Kier molecular flexibility index (Phi) is 3.29. The van der Waals surface area contributed by atoms with Gasteiger partial charge in [0.25, 0.3) is 0 Å². The maximum Gasteiger partial charge on any atom is 0.222 e. The summed E-state index contributed by atoms with van der Waals surface area (Å²) in [5.74, 6) is 2.27. The monoisotopic (exact) mass is 210 g/mol. The molecule has 3 heteroatoms. The molecule has 2 fully saturated rings. The van der Waals surface area contributed by atoms with E-state index in [0.29, 0.717) is 24.8 Å². The third kappa shape index (κ3) is 2.33. The van der Waals surface area contributed by atoms with E-state index in [0.717, 1.165) is 24.9 Å². The molecule has 3 unspecified atom stereocenters. The summed E-state index contributed by atoms with van der Waals surface area (Å²) in [5, 5.41) is 0. The lowest BCUT2D eigenvalue weighted by Gasteiger charge is -2.19. The van der Waals surface area contributed by atoms with Crippen molar-refractivity contribution in [2.45, 2.75) is 32.6 Å². The summed E-state index contributed by atoms with van der Waals surface area (Å²) >= 11 is 0. The highest BCUT2D eigenvalue weighted by atomic mass is 16.2. The highest BCUT2D eigenvalue weighted by Gasteiger charge is 2.37. The van der Waals surface area contributed by atoms with Crippen molar-refractivity contribution >= 4 is 5.91 Å². The van der Waals surface area contributed by atoms with Gasteiger partial charge in [-0.1, -0.05) is 13.3 Å². The van der Waals surface area contributed by atoms with E-state index in [2.05, 4.69) is 11.8 Å². The number of carbonyl (C=O) groups is 1. The summed E-state index contributed by atoms with van der Waals surface area (Å²) in [5.41, 5.74) is 5.54. The Morgan fingerprint density at radius 3 is 2.53 bits per heavy atom. The zero-order chi connectivity index (χ0) is 10.8. The van der Waals surface area contributed by atoms with Gasteiger partial charge in [0.1, 0.15) is 0 Å². The number of likely N-dealkylation sites (tertiary alicyclic amines) is 1. The summed E-state index contributed by atoms with van der Waals surface area (Å²) in [7, 11) is 0. The number of carbonyl (C=O) groups excluding carboxylic acids is 1. The zero-order valence-corrected chi connectivity index (χ0v) is 9.61. The molecule has 0 radical (unpaired) electrons. The predicted octanol–water partition coefficient (Wildman–Crippen LogP) is 1.23. The average Bonchev–Trinajstić information content (AvgIpc) is 2.76. The first kappa shape index (κ1) is 10.9. The lowest BCUT2D eigenvalue weighted by atomic mass is 10.0. The van der Waals surface area contributed by atoms with Crippen molar-refractivity contribution < 1.29 is 4.79 Å². The van der Waals surface area contributed by atoms with Crippen LogP contribution in [0.2, 0.25) is 0 Å². The van der Waals surface area contributed by atoms with E-state index < -0.39 is 0 Å². The van der Waals surface area contributed by atoms with Crippen LogP contribution in [0.5, 0.6) is 0 Å². The minimum Gasteiger partial charge on any atom is -0.342 e. The molecule has 15 heavy (non-hydrogen) atoms. The first-order chi connectivity index (χ1) is 7.20. The minimum atomic E-state index is 0.322. The molecule has 0 bridgehead atoms. The molecule has 1 amide bonds. The normalized spacial score (nSPS) is 31.7. The van der Waals surface area contributed by atoms with Crippen molar-refractivity contribution in [3.05, 3.63) is 0 Å². The Morgan fingerprint density at radius 1 is 1.40 bits per heavy atom. The van der Waals surface area contributed by atoms with Gasteiger partial charge in [-0.25, -0.2) is 0 Å². The maximum atomic E-state index is 11.9. The highest BCUT2D eigenvalue weighted by molar-refractivity contribution is 5.76. The van der Waals surface area contributed by atoms with Gasteiger partial charge in [-0.15, -0.1) is 0 Å². The Hall–Kier alpha value is -0.570. The molecule has 3 atom stereocenters. The molecule has 3 nitrogen and oxygen atoms in total. The largest absolute Gasteiger partial charge is 0.342 e. The van der Waals surface area contributed by atoms with E-state index in [4.69, 9.17) is 5.73 Å². The van der Waals surface area contributed by atoms with Crippen LogP contribution in [0.1, 0.15) is 32.6 Å². The van der Waals surface area contributed by atoms with Gasteiger partial charge in [0.2, 0.25) is 5.91 Å². The molecule has 1 aliphatic carbocycles. The topological polar surface area (TPSA) is 46.3 Å². The van der Waals surface area contributed by atoms with Gasteiger partial charge in [0.15, 0.2) is 0 Å². The molecule has 1 heterocycles. The number of amides is 1. The Morgan fingerprint density at radius 2 is 2.00 bits per heavy atom. The van der Waals surface area contributed by atoms with Gasteiger partial charge in [-0.2, -0.15) is 0 Å². The smallest absolute Gasteiger partial charge is 0.222 e. The van der Waals surface area contributed by atoms with Crippen LogP contribution in [0, 0.1) is 17.8 Å². The summed E-state index contributed by atoms with van der Waals surface area (Å²) in [6, 6.07) is 0. The molecule has 0 aromatic heterocycles. The first-order valence-electron chi connectivity index (χ1n) is 6.18. The second kappa shape index (κ2) is 4.52. The quantitative estimate of drug-likeness (QED) is 0.761. The second-order valence-electron chi connectivity index (χ2n) is 5.29. The average molecular weight is 210 g/mol. The van der Waals surface area contributed by atoms with E-state index >= 15 is 0 Å². The Balaban J connectivity index is 1.83. The van der Waals surface area contributed by atoms with E-state index in [-0.39, 0.29) is 0 Å². The first-order valence-corrected chi connectivity index (χ1v) is 6.18. The standard InChI is InChI=1S/C12H22N2O/c1-9(6-13)5-12(15)14-7-10-3-2-4-11(10)8-14/h9-11H,2-8,13H2,1H3. The van der Waals surface area contributed by atoms with Crippen LogP contribution in [0.3, 0.4) is 0 Å². The lowest BCUT2D eigenvalue weighted by molar-refractivity contribution is -0.131. The predicted molar refractivity (Wildman–Crippen MR) is 60.2 cm³/mol. The molecule has 0 aromatic rings. The number of hydrogen-bond donors (Lipinski definition) is 1. The summed E-state index contributed by atoms with van der Waals surface area (Å²) in [4.78, 5) is 14.0. The number of hydrogen-bond acceptors (Lipinski definition) is 2. The minimum absolute atomic E-state index is 0.322. The van der Waals surface area contributed by atoms with Crippen LogP contribution >= 0.6 is 0 Å². The number of nitrogens with zero attached hydrogens (tertiary/aromatic N) is 1. The van der Waals surface area contributed by atoms with Gasteiger partial charge >= 0.3 is 0 Å². The van der Waals surface area contributed by atoms with Crippen LogP contribution in [0.25, 0.3) is 0 Å². The Labute approximate surface area is 92.0 Å². The third-order valence-electron chi connectivity index (χ3n) is 4.00. The fourth-order valence-corrected chi connectivity index (χ4v) is 2.95.